The van der Waals surface area contributed by atoms with Crippen molar-refractivity contribution in [2.24, 2.45) is 0 Å². The SMILES string of the molecule is CN(CC(=O)NC1CC1)S(=O)(=O)c1c(F)cc(F)cc1Br. The number of hydrogen-bond donors (Lipinski definition) is 1. The van der Waals surface area contributed by atoms with Crippen molar-refractivity contribution < 1.29 is 22.0 Å². The van der Waals surface area contributed by atoms with Gasteiger partial charge in [-0.15, -0.1) is 0 Å². The molecule has 1 amide bonds. The number of rotatable bonds is 5. The first-order valence-corrected chi connectivity index (χ1v) is 8.35. The zero-order chi connectivity index (χ0) is 15.8. The van der Waals surface area contributed by atoms with E-state index < -0.39 is 39.0 Å². The van der Waals surface area contributed by atoms with Gasteiger partial charge in [-0.3, -0.25) is 4.79 Å². The van der Waals surface area contributed by atoms with Crippen LogP contribution in [0, 0.1) is 11.6 Å². The molecule has 0 radical (unpaired) electrons. The van der Waals surface area contributed by atoms with Crippen LogP contribution in [0.1, 0.15) is 12.8 Å². The number of sulfonamides is 1. The van der Waals surface area contributed by atoms with Gasteiger partial charge in [0, 0.05) is 23.6 Å². The van der Waals surface area contributed by atoms with E-state index in [4.69, 9.17) is 0 Å². The van der Waals surface area contributed by atoms with Gasteiger partial charge in [0.25, 0.3) is 0 Å². The van der Waals surface area contributed by atoms with Crippen LogP contribution in [0.25, 0.3) is 0 Å². The summed E-state index contributed by atoms with van der Waals surface area (Å²) >= 11 is 2.83. The van der Waals surface area contributed by atoms with Crippen LogP contribution < -0.4 is 5.32 Å². The predicted molar refractivity (Wildman–Crippen MR) is 75.0 cm³/mol. The predicted octanol–water partition coefficient (Wildman–Crippen LogP) is 1.63. The minimum Gasteiger partial charge on any atom is -0.352 e. The summed E-state index contributed by atoms with van der Waals surface area (Å²) in [6, 6.07) is 1.44. The summed E-state index contributed by atoms with van der Waals surface area (Å²) in [7, 11) is -3.08. The summed E-state index contributed by atoms with van der Waals surface area (Å²) in [5.41, 5.74) is 0. The second kappa shape index (κ2) is 5.98. The Labute approximate surface area is 129 Å². The van der Waals surface area contributed by atoms with Crippen molar-refractivity contribution in [3.8, 4) is 0 Å². The maximum Gasteiger partial charge on any atom is 0.247 e. The van der Waals surface area contributed by atoms with E-state index in [-0.39, 0.29) is 10.5 Å². The second-order valence-electron chi connectivity index (χ2n) is 4.80. The number of carbonyl (C=O) groups is 1. The fourth-order valence-electron chi connectivity index (χ4n) is 1.72. The number of halogens is 3. The fraction of sp³-hybridized carbons (Fsp3) is 0.417. The molecule has 1 saturated carbocycles. The average molecular weight is 383 g/mol. The molecule has 2 rings (SSSR count). The van der Waals surface area contributed by atoms with Crippen molar-refractivity contribution in [1.82, 2.24) is 9.62 Å². The minimum atomic E-state index is -4.24. The first kappa shape index (κ1) is 16.3. The van der Waals surface area contributed by atoms with E-state index in [0.717, 1.165) is 30.3 Å². The molecular weight excluding hydrogens is 370 g/mol. The molecule has 0 bridgehead atoms. The zero-order valence-corrected chi connectivity index (χ0v) is 13.5. The average Bonchev–Trinajstić information content (AvgIpc) is 3.10. The molecule has 0 unspecified atom stereocenters. The highest BCUT2D eigenvalue weighted by molar-refractivity contribution is 9.10. The molecule has 9 heteroatoms. The molecule has 0 saturated heterocycles. The highest BCUT2D eigenvalue weighted by Gasteiger charge is 2.30. The Kier molecular flexibility index (Phi) is 4.64. The van der Waals surface area contributed by atoms with Crippen molar-refractivity contribution in [2.75, 3.05) is 13.6 Å². The van der Waals surface area contributed by atoms with Gasteiger partial charge in [0.2, 0.25) is 15.9 Å². The Morgan fingerprint density at radius 3 is 2.57 bits per heavy atom. The molecule has 0 heterocycles. The molecule has 0 aliphatic heterocycles. The number of carbonyl (C=O) groups excluding carboxylic acids is 1. The van der Waals surface area contributed by atoms with E-state index in [1.54, 1.807) is 0 Å². The molecule has 0 atom stereocenters. The number of likely N-dealkylation sites (N-methyl/N-ethyl adjacent to an activating group) is 1. The van der Waals surface area contributed by atoms with Crippen molar-refractivity contribution >= 4 is 31.9 Å². The fourth-order valence-corrected chi connectivity index (χ4v) is 3.95. The molecule has 1 aromatic rings. The van der Waals surface area contributed by atoms with Gasteiger partial charge in [-0.2, -0.15) is 4.31 Å². The molecule has 21 heavy (non-hydrogen) atoms. The molecule has 1 aromatic carbocycles. The monoisotopic (exact) mass is 382 g/mol. The molecule has 1 fully saturated rings. The molecule has 1 N–H and O–H groups in total. The molecule has 1 aliphatic carbocycles. The number of hydrogen-bond acceptors (Lipinski definition) is 3. The van der Waals surface area contributed by atoms with Gasteiger partial charge in [0.15, 0.2) is 0 Å². The molecule has 1 aliphatic rings. The van der Waals surface area contributed by atoms with Crippen molar-refractivity contribution in [3.63, 3.8) is 0 Å². The Bertz CT molecular complexity index is 654. The van der Waals surface area contributed by atoms with Crippen molar-refractivity contribution in [1.29, 1.82) is 0 Å². The molecule has 0 spiro atoms. The zero-order valence-electron chi connectivity index (χ0n) is 11.1. The third kappa shape index (κ3) is 3.78. The first-order chi connectivity index (χ1) is 9.71. The van der Waals surface area contributed by atoms with E-state index in [1.165, 1.54) is 0 Å². The maximum absolute atomic E-state index is 13.7. The summed E-state index contributed by atoms with van der Waals surface area (Å²) in [6.45, 7) is -0.428. The van der Waals surface area contributed by atoms with E-state index in [1.807, 2.05) is 0 Å². The minimum absolute atomic E-state index is 0.0999. The van der Waals surface area contributed by atoms with Crippen LogP contribution in [0.2, 0.25) is 0 Å². The van der Waals surface area contributed by atoms with Crippen LogP contribution in [-0.4, -0.2) is 38.3 Å². The van der Waals surface area contributed by atoms with Gasteiger partial charge in [0.05, 0.1) is 6.54 Å². The largest absolute Gasteiger partial charge is 0.352 e. The van der Waals surface area contributed by atoms with Gasteiger partial charge >= 0.3 is 0 Å². The Balaban J connectivity index is 2.22. The van der Waals surface area contributed by atoms with Gasteiger partial charge in [-0.25, -0.2) is 17.2 Å². The highest BCUT2D eigenvalue weighted by atomic mass is 79.9. The Morgan fingerprint density at radius 1 is 1.43 bits per heavy atom. The van der Waals surface area contributed by atoms with Crippen LogP contribution in [0.5, 0.6) is 0 Å². The lowest BCUT2D eigenvalue weighted by Crippen LogP contribution is -2.39. The van der Waals surface area contributed by atoms with E-state index in [9.17, 15) is 22.0 Å². The van der Waals surface area contributed by atoms with Crippen LogP contribution in [0.15, 0.2) is 21.5 Å². The van der Waals surface area contributed by atoms with E-state index in [0.29, 0.717) is 6.07 Å². The molecule has 5 nitrogen and oxygen atoms in total. The summed E-state index contributed by atoms with van der Waals surface area (Å²) < 4.78 is 51.8. The lowest BCUT2D eigenvalue weighted by Gasteiger charge is -2.18. The number of amides is 1. The van der Waals surface area contributed by atoms with Gasteiger partial charge in [-0.1, -0.05) is 0 Å². The standard InChI is InChI=1S/C12H13BrF2N2O3S/c1-17(6-11(18)16-8-2-3-8)21(19,20)12-9(13)4-7(14)5-10(12)15/h4-5,8H,2-3,6H2,1H3,(H,16,18). The lowest BCUT2D eigenvalue weighted by atomic mass is 10.3. The third-order valence-corrected chi connectivity index (χ3v) is 5.71. The topological polar surface area (TPSA) is 66.5 Å². The number of nitrogens with one attached hydrogen (secondary N) is 1. The Hall–Kier alpha value is -1.06. The molecular formula is C12H13BrF2N2O3S. The first-order valence-electron chi connectivity index (χ1n) is 6.12. The van der Waals surface area contributed by atoms with Crippen molar-refractivity contribution in [2.45, 2.75) is 23.8 Å². The number of nitrogens with zero attached hydrogens (tertiary/aromatic N) is 1. The summed E-state index contributed by atoms with van der Waals surface area (Å²) in [5.74, 6) is -2.56. The highest BCUT2D eigenvalue weighted by Crippen LogP contribution is 2.28. The van der Waals surface area contributed by atoms with Crippen LogP contribution in [-0.2, 0) is 14.8 Å². The molecule has 0 aromatic heterocycles. The smallest absolute Gasteiger partial charge is 0.247 e. The van der Waals surface area contributed by atoms with Crippen LogP contribution in [0.3, 0.4) is 0 Å². The maximum atomic E-state index is 13.7. The van der Waals surface area contributed by atoms with E-state index >= 15 is 0 Å². The summed E-state index contributed by atoms with van der Waals surface area (Å²) in [4.78, 5) is 10.9. The summed E-state index contributed by atoms with van der Waals surface area (Å²) in [5, 5.41) is 2.64. The van der Waals surface area contributed by atoms with E-state index in [2.05, 4.69) is 21.2 Å². The van der Waals surface area contributed by atoms with Crippen LogP contribution in [0.4, 0.5) is 8.78 Å². The lowest BCUT2D eigenvalue weighted by molar-refractivity contribution is -0.121. The summed E-state index contributed by atoms with van der Waals surface area (Å²) in [6.07, 6.45) is 1.75. The number of benzene rings is 1. The van der Waals surface area contributed by atoms with Gasteiger partial charge < -0.3 is 5.32 Å². The Morgan fingerprint density at radius 2 is 2.05 bits per heavy atom. The van der Waals surface area contributed by atoms with Crippen LogP contribution >= 0.6 is 15.9 Å². The second-order valence-corrected chi connectivity index (χ2v) is 7.64. The normalized spacial score (nSPS) is 15.3. The third-order valence-electron chi connectivity index (χ3n) is 2.94. The molecule has 116 valence electrons. The van der Waals surface area contributed by atoms with Crippen molar-refractivity contribution in [3.05, 3.63) is 28.2 Å². The van der Waals surface area contributed by atoms with Gasteiger partial charge in [-0.05, 0) is 34.8 Å². The quantitative estimate of drug-likeness (QED) is 0.841. The van der Waals surface area contributed by atoms with Gasteiger partial charge in [0.1, 0.15) is 16.5 Å².